The van der Waals surface area contributed by atoms with Crippen molar-refractivity contribution in [2.75, 3.05) is 0 Å². The van der Waals surface area contributed by atoms with Gasteiger partial charge in [-0.2, -0.15) is 0 Å². The average molecular weight is 228 g/mol. The minimum absolute atomic E-state index is 0. The molecule has 0 heterocycles. The number of hydrogen-bond acceptors (Lipinski definition) is 1. The fourth-order valence-corrected chi connectivity index (χ4v) is 0. The van der Waals surface area contributed by atoms with Crippen LogP contribution in [0, 0.1) is 0 Å². The molecule has 5 heteroatoms. The predicted octanol–water partition coefficient (Wildman–Crippen LogP) is -6.04. The third kappa shape index (κ3) is 367. The van der Waals surface area contributed by atoms with Crippen molar-refractivity contribution in [2.45, 2.75) is 26.4 Å². The third-order valence-corrected chi connectivity index (χ3v) is 0. The molecule has 3 N–H and O–H groups in total. The summed E-state index contributed by atoms with van der Waals surface area (Å²) < 4.78 is 0. The minimum atomic E-state index is -0.500. The van der Waals surface area contributed by atoms with Crippen LogP contribution in [0.4, 0.5) is 0 Å². The molecule has 0 saturated heterocycles. The summed E-state index contributed by atoms with van der Waals surface area (Å²) >= 11 is 0. The van der Waals surface area contributed by atoms with Gasteiger partial charge in [-0.1, -0.05) is 0 Å². The normalized spacial score (nSPS) is 6.67. The Morgan fingerprint density at radius 3 is 1.00 bits per heavy atom. The van der Waals surface area contributed by atoms with Gasteiger partial charge in [-0.05, 0) is 20.8 Å². The maximum Gasteiger partial charge on any atom is 2.00 e. The molecule has 0 aromatic rings. The van der Waals surface area contributed by atoms with Crippen molar-refractivity contribution in [1.29, 1.82) is 0 Å². The largest absolute Gasteiger partial charge is 2.00 e. The van der Waals surface area contributed by atoms with Gasteiger partial charge in [0.1, 0.15) is 0 Å². The van der Waals surface area contributed by atoms with Gasteiger partial charge in [0.15, 0.2) is 0 Å². The first-order valence-electron chi connectivity index (χ1n) is 1.72. The first kappa shape index (κ1) is 32.1. The number of hydrogen-bond donors (Lipinski definition) is 1. The van der Waals surface area contributed by atoms with Crippen LogP contribution in [0.5, 0.6) is 0 Å². The van der Waals surface area contributed by atoms with Gasteiger partial charge >= 0.3 is 19.5 Å². The van der Waals surface area contributed by atoms with Crippen LogP contribution < -0.4 is 24.8 Å². The van der Waals surface area contributed by atoms with E-state index in [4.69, 9.17) is 5.11 Å². The zero-order valence-electron chi connectivity index (χ0n) is 5.91. The maximum absolute atomic E-state index is 8.52. The van der Waals surface area contributed by atoms with Crippen molar-refractivity contribution < 1.29 is 54.9 Å². The fourth-order valence-electron chi connectivity index (χ4n) is 0. The van der Waals surface area contributed by atoms with E-state index in [2.05, 4.69) is 0 Å². The van der Waals surface area contributed by atoms with E-state index in [1.165, 1.54) is 0 Å². The molecule has 0 aromatic carbocycles. The SMILES string of the molecule is CC(C)(C)O.O.[Cl-].[Cl-].[Zn+2]. The van der Waals surface area contributed by atoms with Gasteiger partial charge < -0.3 is 35.4 Å². The van der Waals surface area contributed by atoms with E-state index in [0.29, 0.717) is 0 Å². The van der Waals surface area contributed by atoms with Gasteiger partial charge in [0, 0.05) is 0 Å². The average Bonchev–Trinajstić information content (AvgIpc) is 0.722. The second-order valence-corrected chi connectivity index (χ2v) is 2.17. The molecule has 0 spiro atoms. The van der Waals surface area contributed by atoms with Crippen LogP contribution in [-0.4, -0.2) is 16.2 Å². The van der Waals surface area contributed by atoms with Crippen LogP contribution >= 0.6 is 0 Å². The van der Waals surface area contributed by atoms with E-state index in [9.17, 15) is 0 Å². The van der Waals surface area contributed by atoms with Crippen LogP contribution in [0.2, 0.25) is 0 Å². The summed E-state index contributed by atoms with van der Waals surface area (Å²) in [7, 11) is 0. The van der Waals surface area contributed by atoms with Crippen molar-refractivity contribution in [3.05, 3.63) is 0 Å². The van der Waals surface area contributed by atoms with E-state index in [1.807, 2.05) is 0 Å². The van der Waals surface area contributed by atoms with Gasteiger partial charge in [-0.3, -0.25) is 0 Å². The molecule has 0 atom stereocenters. The van der Waals surface area contributed by atoms with Crippen molar-refractivity contribution in [3.63, 3.8) is 0 Å². The third-order valence-electron chi connectivity index (χ3n) is 0. The fraction of sp³-hybridized carbons (Fsp3) is 1.00. The molecule has 0 aliphatic rings. The van der Waals surface area contributed by atoms with E-state index in [-0.39, 0.29) is 49.8 Å². The first-order valence-corrected chi connectivity index (χ1v) is 1.72. The summed E-state index contributed by atoms with van der Waals surface area (Å²) in [6.45, 7) is 5.23. The Balaban J connectivity index is -0.0000000133. The van der Waals surface area contributed by atoms with Gasteiger partial charge in [0.2, 0.25) is 0 Å². The number of rotatable bonds is 0. The Morgan fingerprint density at radius 1 is 1.00 bits per heavy atom. The summed E-state index contributed by atoms with van der Waals surface area (Å²) in [5.41, 5.74) is -0.500. The Bertz CT molecular complexity index is 32.0. The van der Waals surface area contributed by atoms with E-state index in [0.717, 1.165) is 0 Å². The van der Waals surface area contributed by atoms with Gasteiger partial charge in [-0.15, -0.1) is 0 Å². The molecule has 9 heavy (non-hydrogen) atoms. The van der Waals surface area contributed by atoms with Gasteiger partial charge in [-0.25, -0.2) is 0 Å². The predicted molar refractivity (Wildman–Crippen MR) is 25.6 cm³/mol. The molecule has 0 aliphatic carbocycles. The van der Waals surface area contributed by atoms with E-state index >= 15 is 0 Å². The Labute approximate surface area is 81.3 Å². The number of halogens is 2. The summed E-state index contributed by atoms with van der Waals surface area (Å²) in [4.78, 5) is 0. The van der Waals surface area contributed by atoms with Gasteiger partial charge in [0.05, 0.1) is 5.60 Å². The molecule has 56 valence electrons. The Hall–Kier alpha value is 1.12. The smallest absolute Gasteiger partial charge is 1.00 e. The molecule has 2 nitrogen and oxygen atoms in total. The Kier molecular flexibility index (Phi) is 42.3. The van der Waals surface area contributed by atoms with Crippen molar-refractivity contribution >= 4 is 0 Å². The molecule has 0 unspecified atom stereocenters. The summed E-state index contributed by atoms with van der Waals surface area (Å²) in [6.07, 6.45) is 0. The quantitative estimate of drug-likeness (QED) is 0.412. The summed E-state index contributed by atoms with van der Waals surface area (Å²) in [5, 5.41) is 8.52. The second kappa shape index (κ2) is 11.9. The van der Waals surface area contributed by atoms with Gasteiger partial charge in [0.25, 0.3) is 0 Å². The summed E-state index contributed by atoms with van der Waals surface area (Å²) in [5.74, 6) is 0. The van der Waals surface area contributed by atoms with Crippen LogP contribution in [0.15, 0.2) is 0 Å². The monoisotopic (exact) mass is 226 g/mol. The Morgan fingerprint density at radius 2 is 1.00 bits per heavy atom. The molecular weight excluding hydrogens is 216 g/mol. The molecular formula is C4H12Cl2O2Zn. The molecule has 0 rings (SSSR count). The topological polar surface area (TPSA) is 51.7 Å². The van der Waals surface area contributed by atoms with Crippen LogP contribution in [0.1, 0.15) is 20.8 Å². The first-order chi connectivity index (χ1) is 2.00. The number of aliphatic hydroxyl groups is 1. The van der Waals surface area contributed by atoms with Crippen LogP contribution in [-0.2, 0) is 19.5 Å². The summed E-state index contributed by atoms with van der Waals surface area (Å²) in [6, 6.07) is 0. The zero-order chi connectivity index (χ0) is 4.50. The van der Waals surface area contributed by atoms with Crippen LogP contribution in [0.25, 0.3) is 0 Å². The molecule has 0 bridgehead atoms. The van der Waals surface area contributed by atoms with E-state index in [1.54, 1.807) is 20.8 Å². The molecule has 0 amide bonds. The molecule has 0 saturated carbocycles. The van der Waals surface area contributed by atoms with Crippen molar-refractivity contribution in [3.8, 4) is 0 Å². The molecule has 0 fully saturated rings. The van der Waals surface area contributed by atoms with Crippen molar-refractivity contribution in [2.24, 2.45) is 0 Å². The van der Waals surface area contributed by atoms with Crippen molar-refractivity contribution in [1.82, 2.24) is 0 Å². The second-order valence-electron chi connectivity index (χ2n) is 2.17. The van der Waals surface area contributed by atoms with Crippen LogP contribution in [0.3, 0.4) is 0 Å². The standard InChI is InChI=1S/C4H10O.2ClH.H2O.Zn/c1-4(2,3)5;;;;/h5H,1-3H3;2*1H;1H2;/q;;;;+2/p-2. The minimum Gasteiger partial charge on any atom is -1.00 e. The zero-order valence-corrected chi connectivity index (χ0v) is 10.4. The molecule has 0 aromatic heterocycles. The maximum atomic E-state index is 8.52. The molecule has 0 radical (unpaired) electrons. The molecule has 0 aliphatic heterocycles. The van der Waals surface area contributed by atoms with E-state index < -0.39 is 5.60 Å².